The molecule has 0 amide bonds. The molecule has 1 aliphatic heterocycles. The van der Waals surface area contributed by atoms with Gasteiger partial charge in [0.1, 0.15) is 5.82 Å². The van der Waals surface area contributed by atoms with Crippen LogP contribution in [0.1, 0.15) is 43.9 Å². The third-order valence-corrected chi connectivity index (χ3v) is 4.21. The Labute approximate surface area is 146 Å². The molecule has 1 N–H and O–H groups in total. The third-order valence-electron chi connectivity index (χ3n) is 4.21. The number of nitrogens with zero attached hydrogens (tertiary/aromatic N) is 1. The van der Waals surface area contributed by atoms with Crippen LogP contribution in [-0.4, -0.2) is 31.1 Å². The molecule has 2 rings (SSSR count). The van der Waals surface area contributed by atoms with Crippen LogP contribution in [0.2, 0.25) is 0 Å². The van der Waals surface area contributed by atoms with Crippen LogP contribution in [0.5, 0.6) is 0 Å². The maximum absolute atomic E-state index is 13.6. The first-order valence-electron chi connectivity index (χ1n) is 7.78. The molecule has 2 nitrogen and oxygen atoms in total. The van der Waals surface area contributed by atoms with E-state index in [2.05, 4.69) is 31.0 Å². The lowest BCUT2D eigenvalue weighted by Crippen LogP contribution is -2.45. The molecule has 128 valence electrons. The minimum Gasteiger partial charge on any atom is -0.314 e. The Hall–Kier alpha value is -0.350. The Morgan fingerprint density at radius 2 is 1.77 bits per heavy atom. The number of aryl methyl sites for hydroxylation is 1. The second-order valence-electron chi connectivity index (χ2n) is 6.27. The summed E-state index contributed by atoms with van der Waals surface area (Å²) in [7, 11) is 0. The van der Waals surface area contributed by atoms with Gasteiger partial charge in [-0.15, -0.1) is 24.8 Å². The highest BCUT2D eigenvalue weighted by Gasteiger charge is 2.23. The van der Waals surface area contributed by atoms with Crippen molar-refractivity contribution in [2.24, 2.45) is 5.92 Å². The van der Waals surface area contributed by atoms with Gasteiger partial charge in [-0.05, 0) is 48.9 Å². The van der Waals surface area contributed by atoms with Crippen molar-refractivity contribution >= 4 is 24.8 Å². The SMILES string of the molecule is Cc1ccc(F)cc1[C@H](CCC(C)C)N1CCNCC1.Cl.Cl. The highest BCUT2D eigenvalue weighted by molar-refractivity contribution is 5.85. The van der Waals surface area contributed by atoms with Crippen LogP contribution in [0.4, 0.5) is 4.39 Å². The third kappa shape index (κ3) is 6.04. The molecular weight excluding hydrogens is 322 g/mol. The molecular formula is C17H29Cl2FN2. The monoisotopic (exact) mass is 350 g/mol. The van der Waals surface area contributed by atoms with Gasteiger partial charge in [-0.2, -0.15) is 0 Å². The van der Waals surface area contributed by atoms with Crippen molar-refractivity contribution in [1.29, 1.82) is 0 Å². The Morgan fingerprint density at radius 1 is 1.14 bits per heavy atom. The predicted molar refractivity (Wildman–Crippen MR) is 96.9 cm³/mol. The first kappa shape index (κ1) is 21.6. The van der Waals surface area contributed by atoms with Crippen molar-refractivity contribution < 1.29 is 4.39 Å². The van der Waals surface area contributed by atoms with Crippen LogP contribution in [-0.2, 0) is 0 Å². The van der Waals surface area contributed by atoms with E-state index in [0.29, 0.717) is 12.0 Å². The number of rotatable bonds is 5. The second-order valence-corrected chi connectivity index (χ2v) is 6.27. The normalized spacial score (nSPS) is 16.8. The highest BCUT2D eigenvalue weighted by atomic mass is 35.5. The highest BCUT2D eigenvalue weighted by Crippen LogP contribution is 2.30. The van der Waals surface area contributed by atoms with E-state index >= 15 is 0 Å². The zero-order valence-corrected chi connectivity index (χ0v) is 15.4. The molecule has 0 bridgehead atoms. The van der Waals surface area contributed by atoms with Crippen LogP contribution < -0.4 is 5.32 Å². The first-order valence-corrected chi connectivity index (χ1v) is 7.78. The molecule has 0 radical (unpaired) electrons. The van der Waals surface area contributed by atoms with Gasteiger partial charge in [-0.3, -0.25) is 4.90 Å². The van der Waals surface area contributed by atoms with E-state index < -0.39 is 0 Å². The van der Waals surface area contributed by atoms with Gasteiger partial charge < -0.3 is 5.32 Å². The standard InChI is InChI=1S/C17H27FN2.2ClH/c1-13(2)4-7-17(20-10-8-19-9-11-20)16-12-15(18)6-5-14(16)3;;/h5-6,12-13,17,19H,4,7-11H2,1-3H3;2*1H/t17-;;/m0../s1. The Morgan fingerprint density at radius 3 is 2.36 bits per heavy atom. The van der Waals surface area contributed by atoms with Crippen molar-refractivity contribution in [3.63, 3.8) is 0 Å². The number of halogens is 3. The van der Waals surface area contributed by atoms with Gasteiger partial charge in [-0.25, -0.2) is 4.39 Å². The predicted octanol–water partition coefficient (Wildman–Crippen LogP) is 4.36. The van der Waals surface area contributed by atoms with Crippen LogP contribution in [0.25, 0.3) is 0 Å². The maximum Gasteiger partial charge on any atom is 0.123 e. The Bertz CT molecular complexity index is 435. The molecule has 1 aromatic rings. The fourth-order valence-electron chi connectivity index (χ4n) is 2.99. The molecule has 1 aromatic carbocycles. The number of benzene rings is 1. The number of nitrogens with one attached hydrogen (secondary N) is 1. The fourth-order valence-corrected chi connectivity index (χ4v) is 2.99. The molecule has 0 unspecified atom stereocenters. The largest absolute Gasteiger partial charge is 0.314 e. The van der Waals surface area contributed by atoms with E-state index in [-0.39, 0.29) is 30.6 Å². The lowest BCUT2D eigenvalue weighted by molar-refractivity contribution is 0.159. The van der Waals surface area contributed by atoms with Crippen LogP contribution in [0.3, 0.4) is 0 Å². The van der Waals surface area contributed by atoms with Crippen LogP contribution in [0, 0.1) is 18.7 Å². The van der Waals surface area contributed by atoms with Crippen LogP contribution >= 0.6 is 24.8 Å². The summed E-state index contributed by atoms with van der Waals surface area (Å²) < 4.78 is 13.6. The first-order chi connectivity index (χ1) is 9.58. The summed E-state index contributed by atoms with van der Waals surface area (Å²) in [6.45, 7) is 10.8. The van der Waals surface area contributed by atoms with Crippen LogP contribution in [0.15, 0.2) is 18.2 Å². The van der Waals surface area contributed by atoms with E-state index in [1.165, 1.54) is 17.5 Å². The molecule has 5 heteroatoms. The molecule has 22 heavy (non-hydrogen) atoms. The second kappa shape index (κ2) is 10.4. The summed E-state index contributed by atoms with van der Waals surface area (Å²) in [5.41, 5.74) is 2.38. The summed E-state index contributed by atoms with van der Waals surface area (Å²) in [4.78, 5) is 2.51. The van der Waals surface area contributed by atoms with E-state index in [0.717, 1.165) is 32.6 Å². The van der Waals surface area contributed by atoms with Gasteiger partial charge in [0.25, 0.3) is 0 Å². The lowest BCUT2D eigenvalue weighted by Gasteiger charge is -2.36. The van der Waals surface area contributed by atoms with Crippen molar-refractivity contribution in [3.8, 4) is 0 Å². The molecule has 0 aliphatic carbocycles. The van der Waals surface area contributed by atoms with Crippen molar-refractivity contribution in [3.05, 3.63) is 35.1 Å². The molecule has 1 heterocycles. The molecule has 0 saturated carbocycles. The molecule has 1 fully saturated rings. The smallest absolute Gasteiger partial charge is 0.123 e. The lowest BCUT2D eigenvalue weighted by atomic mass is 9.93. The average Bonchev–Trinajstić information content (AvgIpc) is 2.43. The van der Waals surface area contributed by atoms with Crippen molar-refractivity contribution in [2.45, 2.75) is 39.7 Å². The zero-order chi connectivity index (χ0) is 14.5. The van der Waals surface area contributed by atoms with Gasteiger partial charge in [0.15, 0.2) is 0 Å². The van der Waals surface area contributed by atoms with Gasteiger partial charge in [-0.1, -0.05) is 19.9 Å². The van der Waals surface area contributed by atoms with E-state index in [1.807, 2.05) is 6.07 Å². The maximum atomic E-state index is 13.6. The van der Waals surface area contributed by atoms with Crippen molar-refractivity contribution in [1.82, 2.24) is 10.2 Å². The minimum absolute atomic E-state index is 0. The number of hydrogen-bond donors (Lipinski definition) is 1. The van der Waals surface area contributed by atoms with Gasteiger partial charge in [0.05, 0.1) is 0 Å². The Kier molecular flexibility index (Phi) is 10.3. The van der Waals surface area contributed by atoms with Crippen molar-refractivity contribution in [2.75, 3.05) is 26.2 Å². The minimum atomic E-state index is -0.115. The summed E-state index contributed by atoms with van der Waals surface area (Å²) in [6.07, 6.45) is 2.30. The molecule has 1 atom stereocenters. The molecule has 0 spiro atoms. The van der Waals surface area contributed by atoms with E-state index in [9.17, 15) is 4.39 Å². The summed E-state index contributed by atoms with van der Waals surface area (Å²) in [5, 5.41) is 3.40. The van der Waals surface area contributed by atoms with Gasteiger partial charge >= 0.3 is 0 Å². The van der Waals surface area contributed by atoms with Gasteiger partial charge in [0.2, 0.25) is 0 Å². The molecule has 1 saturated heterocycles. The zero-order valence-electron chi connectivity index (χ0n) is 13.8. The molecule has 0 aromatic heterocycles. The average molecular weight is 351 g/mol. The number of piperazine rings is 1. The molecule has 1 aliphatic rings. The summed E-state index contributed by atoms with van der Waals surface area (Å²) in [5.74, 6) is 0.574. The van der Waals surface area contributed by atoms with Gasteiger partial charge in [0, 0.05) is 32.2 Å². The quantitative estimate of drug-likeness (QED) is 0.848. The fraction of sp³-hybridized carbons (Fsp3) is 0.647. The topological polar surface area (TPSA) is 15.3 Å². The Balaban J connectivity index is 0.00000220. The summed E-state index contributed by atoms with van der Waals surface area (Å²) in [6, 6.07) is 5.57. The van der Waals surface area contributed by atoms with E-state index in [4.69, 9.17) is 0 Å². The summed E-state index contributed by atoms with van der Waals surface area (Å²) >= 11 is 0. The van der Waals surface area contributed by atoms with E-state index in [1.54, 1.807) is 12.1 Å². The number of hydrogen-bond acceptors (Lipinski definition) is 2.